The predicted octanol–water partition coefficient (Wildman–Crippen LogP) is 4.71. The Bertz CT molecular complexity index is 858. The largest absolute Gasteiger partial charge is 0.325 e. The van der Waals surface area contributed by atoms with Crippen LogP contribution in [0.15, 0.2) is 46.9 Å². The first-order valence-corrected chi connectivity index (χ1v) is 10.6. The number of aromatic nitrogens is 3. The first-order valence-electron chi connectivity index (χ1n) is 8.70. The number of hydrogen-bond acceptors (Lipinski definition) is 5. The lowest BCUT2D eigenvalue weighted by Crippen LogP contribution is -2.14. The first kappa shape index (κ1) is 18.7. The van der Waals surface area contributed by atoms with Crippen LogP contribution in [0.1, 0.15) is 25.1 Å². The topological polar surface area (TPSA) is 59.8 Å². The van der Waals surface area contributed by atoms with Gasteiger partial charge in [-0.3, -0.25) is 4.79 Å². The highest BCUT2D eigenvalue weighted by atomic mass is 32.2. The molecule has 0 aliphatic rings. The maximum absolute atomic E-state index is 12.1. The molecule has 26 heavy (non-hydrogen) atoms. The van der Waals surface area contributed by atoms with E-state index >= 15 is 0 Å². The van der Waals surface area contributed by atoms with Gasteiger partial charge in [0.2, 0.25) is 5.91 Å². The van der Waals surface area contributed by atoms with Crippen molar-refractivity contribution in [2.75, 3.05) is 11.1 Å². The number of nitrogens with zero attached hydrogens (tertiary/aromatic N) is 3. The summed E-state index contributed by atoms with van der Waals surface area (Å²) in [6.07, 6.45) is 2.23. The van der Waals surface area contributed by atoms with E-state index in [4.69, 9.17) is 0 Å². The number of nitrogens with one attached hydrogen (secondary N) is 1. The van der Waals surface area contributed by atoms with Gasteiger partial charge in [-0.1, -0.05) is 43.3 Å². The summed E-state index contributed by atoms with van der Waals surface area (Å²) in [7, 11) is 0. The van der Waals surface area contributed by atoms with Crippen LogP contribution in [0.3, 0.4) is 0 Å². The fourth-order valence-electron chi connectivity index (χ4n) is 2.62. The number of anilines is 1. The van der Waals surface area contributed by atoms with E-state index in [1.54, 1.807) is 11.3 Å². The van der Waals surface area contributed by atoms with Crippen molar-refractivity contribution in [1.29, 1.82) is 0 Å². The molecule has 0 aliphatic heterocycles. The number of hydrogen-bond donors (Lipinski definition) is 1. The third-order valence-corrected chi connectivity index (χ3v) is 5.79. The van der Waals surface area contributed by atoms with Crippen LogP contribution in [0.2, 0.25) is 0 Å². The van der Waals surface area contributed by atoms with Gasteiger partial charge >= 0.3 is 0 Å². The van der Waals surface area contributed by atoms with Gasteiger partial charge in [-0.2, -0.15) is 0 Å². The van der Waals surface area contributed by atoms with Gasteiger partial charge in [0.05, 0.1) is 5.75 Å². The number of rotatable bonds is 8. The minimum absolute atomic E-state index is 0.0471. The molecule has 1 aromatic carbocycles. The Morgan fingerprint density at radius 3 is 2.77 bits per heavy atom. The standard InChI is InChI=1S/C19H22N4OS2/c1-3-8-16-11-14(12-25-16)18-21-22-19(23(18)4-2)26-13-17(24)20-15-9-6-5-7-10-15/h5-7,9-12H,3-4,8,13H2,1-2H3,(H,20,24). The van der Waals surface area contributed by atoms with Crippen molar-refractivity contribution in [2.24, 2.45) is 0 Å². The van der Waals surface area contributed by atoms with E-state index in [0.717, 1.165) is 41.6 Å². The highest BCUT2D eigenvalue weighted by Gasteiger charge is 2.15. The molecule has 136 valence electrons. The van der Waals surface area contributed by atoms with Crippen molar-refractivity contribution in [3.63, 3.8) is 0 Å². The quantitative estimate of drug-likeness (QED) is 0.570. The van der Waals surface area contributed by atoms with Crippen molar-refractivity contribution in [1.82, 2.24) is 14.8 Å². The van der Waals surface area contributed by atoms with Gasteiger partial charge < -0.3 is 9.88 Å². The number of thioether (sulfide) groups is 1. The molecule has 5 nitrogen and oxygen atoms in total. The van der Waals surface area contributed by atoms with Crippen LogP contribution in [-0.2, 0) is 17.8 Å². The molecule has 0 aliphatic carbocycles. The summed E-state index contributed by atoms with van der Waals surface area (Å²) in [5.74, 6) is 1.13. The molecule has 1 amide bonds. The predicted molar refractivity (Wildman–Crippen MR) is 109 cm³/mol. The highest BCUT2D eigenvalue weighted by molar-refractivity contribution is 7.99. The van der Waals surface area contributed by atoms with E-state index < -0.39 is 0 Å². The van der Waals surface area contributed by atoms with E-state index in [0.29, 0.717) is 5.75 Å². The molecular formula is C19H22N4OS2. The number of amides is 1. The van der Waals surface area contributed by atoms with Gasteiger partial charge in [-0.25, -0.2) is 0 Å². The zero-order valence-electron chi connectivity index (χ0n) is 14.9. The maximum atomic E-state index is 12.1. The zero-order chi connectivity index (χ0) is 18.4. The minimum Gasteiger partial charge on any atom is -0.325 e. The molecule has 0 bridgehead atoms. The molecule has 0 fully saturated rings. The van der Waals surface area contributed by atoms with Crippen LogP contribution in [0.5, 0.6) is 0 Å². The summed E-state index contributed by atoms with van der Waals surface area (Å²) in [5, 5.41) is 14.5. The molecule has 3 rings (SSSR count). The van der Waals surface area contributed by atoms with Crippen LogP contribution < -0.4 is 5.32 Å². The Kier molecular flexibility index (Phi) is 6.46. The molecule has 0 unspecified atom stereocenters. The van der Waals surface area contributed by atoms with E-state index in [1.807, 2.05) is 30.3 Å². The molecule has 1 N–H and O–H groups in total. The van der Waals surface area contributed by atoms with Crippen LogP contribution >= 0.6 is 23.1 Å². The smallest absolute Gasteiger partial charge is 0.234 e. The molecule has 2 heterocycles. The van der Waals surface area contributed by atoms with Gasteiger partial charge in [0.25, 0.3) is 0 Å². The fourth-order valence-corrected chi connectivity index (χ4v) is 4.39. The van der Waals surface area contributed by atoms with Crippen LogP contribution in [0, 0.1) is 0 Å². The second-order valence-corrected chi connectivity index (χ2v) is 7.74. The van der Waals surface area contributed by atoms with Crippen molar-refractivity contribution in [2.45, 2.75) is 38.4 Å². The van der Waals surface area contributed by atoms with Gasteiger partial charge in [-0.15, -0.1) is 21.5 Å². The molecule has 2 aromatic heterocycles. The van der Waals surface area contributed by atoms with Gasteiger partial charge in [0.1, 0.15) is 0 Å². The number of para-hydroxylation sites is 1. The number of carbonyl (C=O) groups excluding carboxylic acids is 1. The molecular weight excluding hydrogens is 364 g/mol. The van der Waals surface area contributed by atoms with Crippen LogP contribution in [0.4, 0.5) is 5.69 Å². The monoisotopic (exact) mass is 386 g/mol. The lowest BCUT2D eigenvalue weighted by molar-refractivity contribution is -0.113. The average molecular weight is 387 g/mol. The SMILES string of the molecule is CCCc1cc(-c2nnc(SCC(=O)Nc3ccccc3)n2CC)cs1. The second-order valence-electron chi connectivity index (χ2n) is 5.81. The normalized spacial score (nSPS) is 10.8. The summed E-state index contributed by atoms with van der Waals surface area (Å²) >= 11 is 3.18. The van der Waals surface area contributed by atoms with E-state index in [1.165, 1.54) is 16.6 Å². The van der Waals surface area contributed by atoms with Gasteiger partial charge in [0, 0.05) is 28.1 Å². The number of carbonyl (C=O) groups is 1. The Hall–Kier alpha value is -2.12. The van der Waals surface area contributed by atoms with E-state index in [9.17, 15) is 4.79 Å². The lowest BCUT2D eigenvalue weighted by atomic mass is 10.2. The summed E-state index contributed by atoms with van der Waals surface area (Å²) in [5.41, 5.74) is 1.91. The maximum Gasteiger partial charge on any atom is 0.234 e. The second kappa shape index (κ2) is 9.00. The van der Waals surface area contributed by atoms with Crippen LogP contribution in [-0.4, -0.2) is 26.4 Å². The highest BCUT2D eigenvalue weighted by Crippen LogP contribution is 2.28. The molecule has 0 spiro atoms. The average Bonchev–Trinajstić information content (AvgIpc) is 3.27. The third kappa shape index (κ3) is 4.53. The van der Waals surface area contributed by atoms with Crippen molar-refractivity contribution in [3.8, 4) is 11.4 Å². The van der Waals surface area contributed by atoms with Gasteiger partial charge in [-0.05, 0) is 31.5 Å². The molecule has 0 radical (unpaired) electrons. The summed E-state index contributed by atoms with van der Waals surface area (Å²) < 4.78 is 2.07. The number of aryl methyl sites for hydroxylation is 1. The zero-order valence-corrected chi connectivity index (χ0v) is 16.6. The Balaban J connectivity index is 1.66. The summed E-state index contributed by atoms with van der Waals surface area (Å²) in [4.78, 5) is 13.5. The Morgan fingerprint density at radius 2 is 2.04 bits per heavy atom. The molecule has 0 atom stereocenters. The molecule has 0 saturated carbocycles. The number of thiophene rings is 1. The van der Waals surface area contributed by atoms with Crippen molar-refractivity contribution < 1.29 is 4.79 Å². The van der Waals surface area contributed by atoms with Crippen molar-refractivity contribution in [3.05, 3.63) is 46.7 Å². The van der Waals surface area contributed by atoms with E-state index in [-0.39, 0.29) is 5.91 Å². The molecule has 0 saturated heterocycles. The first-order chi connectivity index (χ1) is 12.7. The van der Waals surface area contributed by atoms with Crippen molar-refractivity contribution >= 4 is 34.7 Å². The Labute approximate surface area is 161 Å². The third-order valence-electron chi connectivity index (χ3n) is 3.83. The summed E-state index contributed by atoms with van der Waals surface area (Å²) in [6, 6.07) is 11.7. The number of benzene rings is 1. The van der Waals surface area contributed by atoms with E-state index in [2.05, 4.69) is 45.4 Å². The fraction of sp³-hybridized carbons (Fsp3) is 0.316. The lowest BCUT2D eigenvalue weighted by Gasteiger charge is -2.07. The molecule has 7 heteroatoms. The summed E-state index contributed by atoms with van der Waals surface area (Å²) in [6.45, 7) is 5.02. The van der Waals surface area contributed by atoms with Crippen LogP contribution in [0.25, 0.3) is 11.4 Å². The Morgan fingerprint density at radius 1 is 1.23 bits per heavy atom. The minimum atomic E-state index is -0.0471. The molecule has 3 aromatic rings. The van der Waals surface area contributed by atoms with Gasteiger partial charge in [0.15, 0.2) is 11.0 Å².